The zero-order valence-corrected chi connectivity index (χ0v) is 26.2. The van der Waals surface area contributed by atoms with Crippen LogP contribution in [0.4, 0.5) is 0 Å². The first-order valence-corrected chi connectivity index (χ1v) is 15.1. The highest BCUT2D eigenvalue weighted by Gasteiger charge is 2.73. The average molecular weight is 655 g/mol. The van der Waals surface area contributed by atoms with Crippen LogP contribution >= 0.6 is 0 Å². The van der Waals surface area contributed by atoms with Gasteiger partial charge in [-0.25, -0.2) is 19.6 Å². The van der Waals surface area contributed by atoms with Gasteiger partial charge in [0, 0.05) is 45.7 Å². The van der Waals surface area contributed by atoms with Gasteiger partial charge in [0.25, 0.3) is 0 Å². The lowest BCUT2D eigenvalue weighted by Gasteiger charge is -2.65. The molecule has 248 valence electrons. The van der Waals surface area contributed by atoms with E-state index in [0.29, 0.717) is 22.8 Å². The second-order valence-corrected chi connectivity index (χ2v) is 11.9. The minimum Gasteiger partial charge on any atom is -0.477 e. The fourth-order valence-corrected chi connectivity index (χ4v) is 7.36. The van der Waals surface area contributed by atoms with Crippen LogP contribution in [-0.2, 0) is 27.4 Å². The number of pyridine rings is 4. The molecule has 0 aliphatic carbocycles. The normalized spacial score (nSPS) is 25.7. The standard InChI is InChI=1S/C34H34N6O8/c1-47-32(46)33-19-39(17-21-9-7-13-25(37-21)29(41)42)20-34(48-2,31(33)45)28(24-12-4-6-16-36-24)40(27(33)23-11-3-5-15-35-23)18-22-10-8-14-26(38-22)30(43)44/h3-16,27-28,31,45H,17-20H2,1-2H3,(H,41,42)(H,43,44). The number of methoxy groups -OCH3 is 2. The second kappa shape index (κ2) is 13.2. The molecule has 2 saturated heterocycles. The number of carboxylic acid groups (broad SMARTS) is 2. The van der Waals surface area contributed by atoms with Crippen LogP contribution in [0.2, 0.25) is 0 Å². The summed E-state index contributed by atoms with van der Waals surface area (Å²) in [6.07, 6.45) is 1.74. The number of carbonyl (C=O) groups is 3. The summed E-state index contributed by atoms with van der Waals surface area (Å²) in [6.45, 7) is 0.143. The van der Waals surface area contributed by atoms with Crippen molar-refractivity contribution < 1.29 is 39.2 Å². The molecular weight excluding hydrogens is 620 g/mol. The Labute approximate surface area is 275 Å². The number of aromatic nitrogens is 4. The van der Waals surface area contributed by atoms with Gasteiger partial charge in [-0.1, -0.05) is 24.3 Å². The van der Waals surface area contributed by atoms with Crippen molar-refractivity contribution in [2.75, 3.05) is 27.3 Å². The lowest BCUT2D eigenvalue weighted by atomic mass is 9.58. The Kier molecular flexibility index (Phi) is 8.99. The molecule has 0 saturated carbocycles. The van der Waals surface area contributed by atoms with Gasteiger partial charge < -0.3 is 24.8 Å². The Morgan fingerprint density at radius 3 is 1.83 bits per heavy atom. The fourth-order valence-electron chi connectivity index (χ4n) is 7.36. The smallest absolute Gasteiger partial charge is 0.354 e. The van der Waals surface area contributed by atoms with Crippen molar-refractivity contribution in [3.63, 3.8) is 0 Å². The quantitative estimate of drug-likeness (QED) is 0.211. The molecule has 3 N–H and O–H groups in total. The summed E-state index contributed by atoms with van der Waals surface area (Å²) in [5.74, 6) is -3.09. The number of piperidine rings is 2. The van der Waals surface area contributed by atoms with Crippen molar-refractivity contribution in [1.29, 1.82) is 0 Å². The predicted molar refractivity (Wildman–Crippen MR) is 167 cm³/mol. The summed E-state index contributed by atoms with van der Waals surface area (Å²) in [5, 5.41) is 31.9. The molecule has 0 radical (unpaired) electrons. The van der Waals surface area contributed by atoms with E-state index < -0.39 is 47.1 Å². The molecule has 5 atom stereocenters. The van der Waals surface area contributed by atoms with Crippen LogP contribution < -0.4 is 0 Å². The van der Waals surface area contributed by atoms with Gasteiger partial charge in [0.15, 0.2) is 0 Å². The van der Waals surface area contributed by atoms with E-state index in [1.807, 2.05) is 9.80 Å². The number of rotatable bonds is 10. The lowest BCUT2D eigenvalue weighted by Crippen LogP contribution is -2.79. The van der Waals surface area contributed by atoms with E-state index in [0.717, 1.165) is 0 Å². The summed E-state index contributed by atoms with van der Waals surface area (Å²) in [4.78, 5) is 59.9. The van der Waals surface area contributed by atoms with Gasteiger partial charge in [0.05, 0.1) is 42.0 Å². The molecule has 4 aromatic rings. The van der Waals surface area contributed by atoms with Crippen molar-refractivity contribution in [3.8, 4) is 0 Å². The highest BCUT2D eigenvalue weighted by atomic mass is 16.5. The number of ether oxygens (including phenoxy) is 2. The fraction of sp³-hybridized carbons (Fsp3) is 0.324. The van der Waals surface area contributed by atoms with Crippen LogP contribution in [0, 0.1) is 5.41 Å². The summed E-state index contributed by atoms with van der Waals surface area (Å²) in [6, 6.07) is 18.2. The molecule has 6 rings (SSSR count). The van der Waals surface area contributed by atoms with Gasteiger partial charge in [-0.05, 0) is 48.5 Å². The van der Waals surface area contributed by atoms with E-state index in [4.69, 9.17) is 14.5 Å². The maximum Gasteiger partial charge on any atom is 0.354 e. The number of fused-ring (bicyclic) bond motifs is 2. The Hall–Kier alpha value is -5.15. The van der Waals surface area contributed by atoms with Crippen LogP contribution in [0.1, 0.15) is 55.8 Å². The molecule has 0 spiro atoms. The zero-order valence-electron chi connectivity index (χ0n) is 26.2. The number of aromatic carboxylic acids is 2. The monoisotopic (exact) mass is 654 g/mol. The number of carbonyl (C=O) groups excluding carboxylic acids is 1. The Morgan fingerprint density at radius 1 is 0.771 bits per heavy atom. The van der Waals surface area contributed by atoms with Gasteiger partial charge in [0.2, 0.25) is 0 Å². The maximum atomic E-state index is 14.4. The van der Waals surface area contributed by atoms with E-state index in [2.05, 4.69) is 15.0 Å². The third-order valence-electron chi connectivity index (χ3n) is 9.18. The summed E-state index contributed by atoms with van der Waals surface area (Å²) < 4.78 is 11.8. The first-order chi connectivity index (χ1) is 23.1. The van der Waals surface area contributed by atoms with Gasteiger partial charge in [-0.15, -0.1) is 0 Å². The molecule has 4 aromatic heterocycles. The molecule has 2 aliphatic rings. The number of carboxylic acids is 2. The minimum absolute atomic E-state index is 0.0163. The highest BCUT2D eigenvalue weighted by molar-refractivity contribution is 5.85. The SMILES string of the molecule is COC(=O)C12CN(Cc3cccc(C(=O)O)n3)CC(OC)(C(c3ccccn3)N(Cc3cccc(C(=O)O)n3)C1c1ccccn1)C2O. The van der Waals surface area contributed by atoms with E-state index in [-0.39, 0.29) is 37.6 Å². The highest BCUT2D eigenvalue weighted by Crippen LogP contribution is 2.60. The van der Waals surface area contributed by atoms with Crippen molar-refractivity contribution in [2.45, 2.75) is 36.9 Å². The molecule has 0 aromatic carbocycles. The van der Waals surface area contributed by atoms with Gasteiger partial charge in [0.1, 0.15) is 28.5 Å². The third kappa shape index (κ3) is 5.58. The Balaban J connectivity index is 1.60. The minimum atomic E-state index is -1.74. The van der Waals surface area contributed by atoms with Crippen molar-refractivity contribution in [3.05, 3.63) is 119 Å². The van der Waals surface area contributed by atoms with Gasteiger partial charge in [-0.2, -0.15) is 0 Å². The molecule has 0 amide bonds. The second-order valence-electron chi connectivity index (χ2n) is 11.9. The topological polar surface area (TPSA) is 188 Å². The van der Waals surface area contributed by atoms with Crippen LogP contribution in [0.3, 0.4) is 0 Å². The molecule has 48 heavy (non-hydrogen) atoms. The van der Waals surface area contributed by atoms with Crippen molar-refractivity contribution in [2.24, 2.45) is 5.41 Å². The molecule has 14 nitrogen and oxygen atoms in total. The molecular formula is C34H34N6O8. The number of hydrogen-bond donors (Lipinski definition) is 3. The molecule has 2 fully saturated rings. The van der Waals surface area contributed by atoms with Crippen LogP contribution in [0.25, 0.3) is 0 Å². The average Bonchev–Trinajstić information content (AvgIpc) is 3.10. The van der Waals surface area contributed by atoms with Gasteiger partial charge in [-0.3, -0.25) is 24.6 Å². The Morgan fingerprint density at radius 2 is 1.33 bits per heavy atom. The van der Waals surface area contributed by atoms with Crippen LogP contribution in [0.15, 0.2) is 85.2 Å². The number of aliphatic hydroxyl groups excluding tert-OH is 1. The van der Waals surface area contributed by atoms with Crippen LogP contribution in [-0.4, -0.2) is 102 Å². The van der Waals surface area contributed by atoms with E-state index >= 15 is 0 Å². The summed E-state index contributed by atoms with van der Waals surface area (Å²) in [7, 11) is 2.70. The number of nitrogens with zero attached hydrogens (tertiary/aromatic N) is 6. The van der Waals surface area contributed by atoms with Crippen LogP contribution in [0.5, 0.6) is 0 Å². The van der Waals surface area contributed by atoms with E-state index in [9.17, 15) is 29.7 Å². The number of esters is 1. The molecule has 2 aliphatic heterocycles. The van der Waals surface area contributed by atoms with Gasteiger partial charge >= 0.3 is 17.9 Å². The number of hydrogen-bond acceptors (Lipinski definition) is 12. The lowest BCUT2D eigenvalue weighted by molar-refractivity contribution is -0.287. The maximum absolute atomic E-state index is 14.4. The van der Waals surface area contributed by atoms with Crippen molar-refractivity contribution >= 4 is 17.9 Å². The predicted octanol–water partition coefficient (Wildman–Crippen LogP) is 2.38. The first-order valence-electron chi connectivity index (χ1n) is 15.1. The largest absolute Gasteiger partial charge is 0.477 e. The zero-order chi connectivity index (χ0) is 34.1. The van der Waals surface area contributed by atoms with E-state index in [1.54, 1.807) is 73.1 Å². The van der Waals surface area contributed by atoms with Crippen molar-refractivity contribution in [1.82, 2.24) is 29.7 Å². The molecule has 6 heterocycles. The Bertz CT molecular complexity index is 1810. The molecule has 14 heteroatoms. The number of likely N-dealkylation sites (tertiary alicyclic amines) is 2. The first kappa shape index (κ1) is 32.8. The van der Waals surface area contributed by atoms with E-state index in [1.165, 1.54) is 26.4 Å². The molecule has 5 unspecified atom stereocenters. The third-order valence-corrected chi connectivity index (χ3v) is 9.18. The number of aliphatic hydroxyl groups is 1. The summed E-state index contributed by atoms with van der Waals surface area (Å²) in [5.41, 5.74) is -1.78. The summed E-state index contributed by atoms with van der Waals surface area (Å²) >= 11 is 0. The molecule has 2 bridgehead atoms.